The van der Waals surface area contributed by atoms with Crippen molar-refractivity contribution in [3.63, 3.8) is 0 Å². The lowest BCUT2D eigenvalue weighted by molar-refractivity contribution is 0.0746. The maximum absolute atomic E-state index is 12.7. The van der Waals surface area contributed by atoms with E-state index >= 15 is 0 Å². The molecule has 3 aromatic carbocycles. The fourth-order valence-electron chi connectivity index (χ4n) is 3.96. The van der Waals surface area contributed by atoms with E-state index in [1.54, 1.807) is 42.5 Å². The van der Waals surface area contributed by atoms with Gasteiger partial charge in [0.25, 0.3) is 11.8 Å². The monoisotopic (exact) mass is 536 g/mol. The summed E-state index contributed by atoms with van der Waals surface area (Å²) in [6, 6.07) is 19.9. The Bertz CT molecular complexity index is 1420. The number of nitrogens with one attached hydrogen (secondary N) is 2. The lowest BCUT2D eigenvalue weighted by Crippen LogP contribution is -2.48. The quantitative estimate of drug-likeness (QED) is 0.373. The second-order valence-corrected chi connectivity index (χ2v) is 9.58. The van der Waals surface area contributed by atoms with Crippen LogP contribution in [-0.2, 0) is 0 Å². The van der Waals surface area contributed by atoms with Crippen LogP contribution < -0.4 is 15.5 Å². The third kappa shape index (κ3) is 5.46. The number of anilines is 2. The predicted octanol–water partition coefficient (Wildman–Crippen LogP) is 4.43. The summed E-state index contributed by atoms with van der Waals surface area (Å²) in [5, 5.41) is 6.56. The molecule has 36 heavy (non-hydrogen) atoms. The maximum Gasteiger partial charge on any atom is 0.257 e. The van der Waals surface area contributed by atoms with Gasteiger partial charge in [-0.05, 0) is 78.9 Å². The van der Waals surface area contributed by atoms with Crippen molar-refractivity contribution in [1.29, 1.82) is 0 Å². The highest BCUT2D eigenvalue weighted by atomic mass is 35.5. The first-order valence-corrected chi connectivity index (χ1v) is 12.7. The summed E-state index contributed by atoms with van der Waals surface area (Å²) in [6.45, 7) is 2.75. The third-order valence-corrected chi connectivity index (χ3v) is 6.90. The zero-order valence-electron chi connectivity index (χ0n) is 19.0. The van der Waals surface area contributed by atoms with Gasteiger partial charge in [0.1, 0.15) is 11.0 Å². The highest BCUT2D eigenvalue weighted by Gasteiger charge is 2.22. The zero-order chi connectivity index (χ0) is 25.1. The highest BCUT2D eigenvalue weighted by molar-refractivity contribution is 7.80. The first kappa shape index (κ1) is 24.1. The average Bonchev–Trinajstić information content (AvgIpc) is 3.37. The summed E-state index contributed by atoms with van der Waals surface area (Å²) in [6.07, 6.45) is 0. The van der Waals surface area contributed by atoms with E-state index in [4.69, 9.17) is 23.8 Å². The van der Waals surface area contributed by atoms with Gasteiger partial charge in [0.2, 0.25) is 0 Å². The van der Waals surface area contributed by atoms with Crippen LogP contribution in [0.5, 0.6) is 0 Å². The van der Waals surface area contributed by atoms with E-state index in [2.05, 4.69) is 24.3 Å². The second kappa shape index (κ2) is 10.6. The largest absolute Gasteiger partial charge is 0.368 e. The zero-order valence-corrected chi connectivity index (χ0v) is 21.4. The Morgan fingerprint density at radius 2 is 1.53 bits per heavy atom. The molecule has 1 aliphatic rings. The lowest BCUT2D eigenvalue weighted by atomic mass is 10.1. The molecular weight excluding hydrogens is 516 g/mol. The summed E-state index contributed by atoms with van der Waals surface area (Å²) in [5.41, 5.74) is 4.36. The molecule has 1 aliphatic heterocycles. The van der Waals surface area contributed by atoms with Crippen LogP contribution in [0.3, 0.4) is 0 Å². The van der Waals surface area contributed by atoms with E-state index in [1.165, 1.54) is 0 Å². The minimum Gasteiger partial charge on any atom is -0.368 e. The molecule has 0 unspecified atom stereocenters. The van der Waals surface area contributed by atoms with E-state index < -0.39 is 0 Å². The summed E-state index contributed by atoms with van der Waals surface area (Å²) >= 11 is 12.3. The van der Waals surface area contributed by atoms with Crippen molar-refractivity contribution in [1.82, 2.24) is 19.0 Å². The van der Waals surface area contributed by atoms with Crippen molar-refractivity contribution in [2.75, 3.05) is 36.4 Å². The second-order valence-electron chi connectivity index (χ2n) is 8.21. The van der Waals surface area contributed by atoms with Crippen LogP contribution in [0.4, 0.5) is 11.4 Å². The molecule has 0 spiro atoms. The molecule has 0 atom stereocenters. The van der Waals surface area contributed by atoms with Crippen LogP contribution in [-0.4, -0.2) is 56.8 Å². The SMILES string of the molecule is O=C(NC(=S)Nc1ccc(N2CCN(C(=O)c3ccc(Cl)cc3)CC2)cc1)c1ccc2nsnc2c1. The van der Waals surface area contributed by atoms with Gasteiger partial charge < -0.3 is 15.1 Å². The number of piperazine rings is 1. The summed E-state index contributed by atoms with van der Waals surface area (Å²) in [4.78, 5) is 29.3. The molecule has 1 saturated heterocycles. The molecule has 2 N–H and O–H groups in total. The normalized spacial score (nSPS) is 13.5. The summed E-state index contributed by atoms with van der Waals surface area (Å²) in [7, 11) is 0. The number of halogens is 1. The van der Waals surface area contributed by atoms with Gasteiger partial charge in [0.15, 0.2) is 5.11 Å². The fraction of sp³-hybridized carbons (Fsp3) is 0.160. The number of aromatic nitrogens is 2. The fourth-order valence-corrected chi connectivity index (χ4v) is 4.81. The smallest absolute Gasteiger partial charge is 0.257 e. The standard InChI is InChI=1S/C25H21ClN6O2S2/c26-18-4-1-16(2-5-18)24(34)32-13-11-31(12-14-32)20-8-6-19(7-9-20)27-25(35)28-23(33)17-3-10-21-22(15-17)30-36-29-21/h1-10,15H,11-14H2,(H2,27,28,33,35). The van der Waals surface area contributed by atoms with Crippen molar-refractivity contribution >= 4 is 74.9 Å². The van der Waals surface area contributed by atoms with Gasteiger partial charge in [-0.15, -0.1) is 0 Å². The van der Waals surface area contributed by atoms with Crippen LogP contribution >= 0.6 is 35.5 Å². The number of nitrogens with zero attached hydrogens (tertiary/aromatic N) is 4. The van der Waals surface area contributed by atoms with Gasteiger partial charge in [0, 0.05) is 53.7 Å². The van der Waals surface area contributed by atoms with Gasteiger partial charge in [-0.2, -0.15) is 8.75 Å². The molecule has 0 aliphatic carbocycles. The molecule has 8 nitrogen and oxygen atoms in total. The first-order chi connectivity index (χ1) is 17.5. The summed E-state index contributed by atoms with van der Waals surface area (Å²) < 4.78 is 8.30. The maximum atomic E-state index is 12.7. The van der Waals surface area contributed by atoms with Crippen LogP contribution in [0.15, 0.2) is 66.7 Å². The molecule has 0 radical (unpaired) electrons. The van der Waals surface area contributed by atoms with E-state index in [1.807, 2.05) is 29.2 Å². The minimum absolute atomic E-state index is 0.0181. The van der Waals surface area contributed by atoms with Gasteiger partial charge in [-0.25, -0.2) is 0 Å². The molecule has 11 heteroatoms. The number of thiocarbonyl (C=S) groups is 1. The van der Waals surface area contributed by atoms with Gasteiger partial charge in [-0.1, -0.05) is 11.6 Å². The number of carbonyl (C=O) groups is 2. The molecular formula is C25H21ClN6O2S2. The lowest BCUT2D eigenvalue weighted by Gasteiger charge is -2.36. The van der Waals surface area contributed by atoms with E-state index in [9.17, 15) is 9.59 Å². The molecule has 182 valence electrons. The highest BCUT2D eigenvalue weighted by Crippen LogP contribution is 2.21. The molecule has 0 bridgehead atoms. The van der Waals surface area contributed by atoms with E-state index in [0.717, 1.165) is 41.7 Å². The molecule has 0 saturated carbocycles. The molecule has 4 aromatic rings. The number of amides is 2. The number of fused-ring (bicyclic) bond motifs is 1. The molecule has 2 heterocycles. The van der Waals surface area contributed by atoms with Crippen molar-refractivity contribution in [2.45, 2.75) is 0 Å². The Kier molecular flexibility index (Phi) is 7.08. The molecule has 2 amide bonds. The Labute approximate surface area is 222 Å². The third-order valence-electron chi connectivity index (χ3n) is 5.89. The van der Waals surface area contributed by atoms with Crippen LogP contribution in [0, 0.1) is 0 Å². The topological polar surface area (TPSA) is 90.5 Å². The Morgan fingerprint density at radius 1 is 0.861 bits per heavy atom. The average molecular weight is 537 g/mol. The van der Waals surface area contributed by atoms with Crippen LogP contribution in [0.2, 0.25) is 5.02 Å². The number of benzene rings is 3. The summed E-state index contributed by atoms with van der Waals surface area (Å²) in [5.74, 6) is -0.297. The Hall–Kier alpha value is -3.60. The van der Waals surface area contributed by atoms with Gasteiger partial charge in [-0.3, -0.25) is 14.9 Å². The Morgan fingerprint density at radius 3 is 2.25 bits per heavy atom. The van der Waals surface area contributed by atoms with E-state index in [-0.39, 0.29) is 16.9 Å². The van der Waals surface area contributed by atoms with Crippen molar-refractivity contribution < 1.29 is 9.59 Å². The van der Waals surface area contributed by atoms with Crippen molar-refractivity contribution in [2.24, 2.45) is 0 Å². The molecule has 5 rings (SSSR count). The molecule has 1 fully saturated rings. The van der Waals surface area contributed by atoms with E-state index in [0.29, 0.717) is 34.8 Å². The molecule has 1 aromatic heterocycles. The van der Waals surface area contributed by atoms with Crippen LogP contribution in [0.1, 0.15) is 20.7 Å². The minimum atomic E-state index is -0.315. The number of hydrogen-bond donors (Lipinski definition) is 2. The number of hydrogen-bond acceptors (Lipinski definition) is 7. The number of carbonyl (C=O) groups excluding carboxylic acids is 2. The van der Waals surface area contributed by atoms with Gasteiger partial charge in [0.05, 0.1) is 11.7 Å². The number of rotatable bonds is 4. The first-order valence-electron chi connectivity index (χ1n) is 11.2. The van der Waals surface area contributed by atoms with Gasteiger partial charge >= 0.3 is 0 Å². The Balaban J connectivity index is 1.13. The predicted molar refractivity (Wildman–Crippen MR) is 147 cm³/mol. The van der Waals surface area contributed by atoms with Crippen molar-refractivity contribution in [3.05, 3.63) is 82.9 Å². The van der Waals surface area contributed by atoms with Crippen molar-refractivity contribution in [3.8, 4) is 0 Å². The van der Waals surface area contributed by atoms with Crippen LogP contribution in [0.25, 0.3) is 11.0 Å².